The fourth-order valence-electron chi connectivity index (χ4n) is 18.1. The summed E-state index contributed by atoms with van der Waals surface area (Å²) in [6.07, 6.45) is 0. The van der Waals surface area contributed by atoms with Crippen molar-refractivity contribution < 1.29 is 14.6 Å². The molecule has 0 amide bonds. The molecule has 1 N–H and O–H groups in total. The van der Waals surface area contributed by atoms with Crippen LogP contribution < -0.4 is 88.0 Å². The van der Waals surface area contributed by atoms with Crippen molar-refractivity contribution in [3.05, 3.63) is 467 Å². The van der Waals surface area contributed by atoms with Crippen molar-refractivity contribution in [2.24, 2.45) is 0 Å². The topological polar surface area (TPSA) is 58.1 Å². The third-order valence-electron chi connectivity index (χ3n) is 23.2. The summed E-state index contributed by atoms with van der Waals surface area (Å²) < 4.78 is 19.9. The molecule has 0 aromatic heterocycles. The standard InChI is InChI=1S/C54H37B2N3O.C54H40BN3O.CH3BO.2CH4.BBr3/c1-6-20-38(21-7-1)55-45-31-17-19-33-52(45)60-53-37-49-46(36-47(53)55)56-44-30-16-18-32-48(44)58(41-26-12-4-13-27-41)50-34-43(35-51(54(50)56)59(49)42-28-14-5-15-29-42)57(39-22-8-2-9-23-39)40-24-10-3-11-25-40;1-7-21-41(22-8-1)55-51-33-19-20-34-53(51)59-54-40-47(35-36-52(54)55)58(46-31-17-6-18-32-46)50-38-48(56(42-23-9-2-10-24-42)43-25-11-3-12-26-43)37-49(39-50)57(44-27-13-4-14-28-44)45-29-15-5-16-30-45;2-1-3;;;2-1(3)4/h1-37H;1-40H;3H,1H2;2*1H4;/i;;3D;;;. The van der Waals surface area contributed by atoms with Gasteiger partial charge in [0.05, 0.1) is 22.7 Å². The van der Waals surface area contributed by atoms with Crippen molar-refractivity contribution in [2.45, 2.75) is 14.9 Å². The summed E-state index contributed by atoms with van der Waals surface area (Å²) in [5.74, 6) is 3.50. The molecule has 18 aromatic rings. The molecule has 0 fully saturated rings. The van der Waals surface area contributed by atoms with E-state index in [4.69, 9.17) is 10.9 Å². The van der Waals surface area contributed by atoms with Crippen molar-refractivity contribution >= 4 is 230 Å². The summed E-state index contributed by atoms with van der Waals surface area (Å²) in [7, 11) is 4.62. The van der Waals surface area contributed by atoms with Gasteiger partial charge in [-0.3, -0.25) is 0 Å². The van der Waals surface area contributed by atoms with Crippen molar-refractivity contribution in [2.75, 3.05) is 35.9 Å². The van der Waals surface area contributed by atoms with Crippen molar-refractivity contribution in [1.82, 2.24) is 0 Å². The zero-order valence-corrected chi connectivity index (χ0v) is 73.3. The number of halogens is 3. The lowest BCUT2D eigenvalue weighted by atomic mass is 9.31. The summed E-state index contributed by atoms with van der Waals surface area (Å²) in [6.45, 7) is -0.0216. The highest BCUT2D eigenvalue weighted by Gasteiger charge is 2.46. The molecule has 0 aliphatic carbocycles. The molecule has 4 heterocycles. The van der Waals surface area contributed by atoms with E-state index in [1.807, 2.05) is 0 Å². The Labute approximate surface area is 780 Å². The van der Waals surface area contributed by atoms with Crippen LogP contribution >= 0.6 is 47.3 Å². The molecule has 0 bridgehead atoms. The van der Waals surface area contributed by atoms with Crippen LogP contribution in [0.3, 0.4) is 0 Å². The van der Waals surface area contributed by atoms with Crippen LogP contribution in [0, 0.1) is 0 Å². The van der Waals surface area contributed by atoms with E-state index in [1.54, 1.807) is 0 Å². The van der Waals surface area contributed by atoms with Gasteiger partial charge in [-0.1, -0.05) is 317 Å². The molecule has 4 aliphatic heterocycles. The van der Waals surface area contributed by atoms with Gasteiger partial charge in [-0.15, -0.1) is 47.3 Å². The average Bonchev–Trinajstić information content (AvgIpc) is 0.689. The van der Waals surface area contributed by atoms with E-state index in [0.29, 0.717) is 0 Å². The van der Waals surface area contributed by atoms with Crippen molar-refractivity contribution in [3.8, 4) is 23.0 Å². The largest absolute Gasteiger partial charge is 0.458 e. The van der Waals surface area contributed by atoms with Crippen LogP contribution in [-0.4, -0.2) is 44.2 Å². The van der Waals surface area contributed by atoms with Crippen LogP contribution in [0.5, 0.6) is 23.0 Å². The number of anilines is 18. The lowest BCUT2D eigenvalue weighted by Crippen LogP contribution is -2.63. The molecule has 0 saturated carbocycles. The molecule has 0 atom stereocenters. The number of hydrogen-bond acceptors (Lipinski definition) is 9. The molecule has 9 nitrogen and oxygen atoms in total. The maximum Gasteiger partial charge on any atom is 0.369 e. The van der Waals surface area contributed by atoms with E-state index in [9.17, 15) is 0 Å². The molecule has 18 aromatic carbocycles. The van der Waals surface area contributed by atoms with Gasteiger partial charge in [0.25, 0.3) is 20.1 Å². The Morgan fingerprint density at radius 3 is 0.906 bits per heavy atom. The molecule has 2 radical (unpaired) electrons. The first-order valence-corrected chi connectivity index (χ1v) is 44.8. The van der Waals surface area contributed by atoms with Gasteiger partial charge in [-0.25, -0.2) is 0 Å². The molecule has 4 aliphatic rings. The normalized spacial score (nSPS) is 11.8. The highest BCUT2D eigenvalue weighted by molar-refractivity contribution is 9.69. The first kappa shape index (κ1) is 84.9. The predicted molar refractivity (Wildman–Crippen MR) is 560 cm³/mol. The van der Waals surface area contributed by atoms with Crippen LogP contribution in [0.25, 0.3) is 0 Å². The Bertz CT molecular complexity index is 6580. The van der Waals surface area contributed by atoms with Gasteiger partial charge in [-0.05, 0) is 202 Å². The summed E-state index contributed by atoms with van der Waals surface area (Å²) in [6, 6.07) is 167. The van der Waals surface area contributed by atoms with Gasteiger partial charge in [0, 0.05) is 98.3 Å². The zero-order chi connectivity index (χ0) is 85.9. The summed E-state index contributed by atoms with van der Waals surface area (Å²) in [5, 5.41) is 3.57. The smallest absolute Gasteiger partial charge is 0.369 e. The quantitative estimate of drug-likeness (QED) is 0.0899. The fraction of sp³-hybridized carbons (Fsp3) is 0.0270. The summed E-state index contributed by atoms with van der Waals surface area (Å²) >= 11 is 9.31. The third-order valence-corrected chi connectivity index (χ3v) is 23.2. The van der Waals surface area contributed by atoms with Crippen molar-refractivity contribution in [3.63, 3.8) is 0 Å². The molecule has 0 unspecified atom stereocenters. The molecule has 616 valence electrons. The van der Waals surface area contributed by atoms with Gasteiger partial charge in [0.15, 0.2) is 0 Å². The van der Waals surface area contributed by atoms with E-state index in [1.165, 1.54) is 49.4 Å². The van der Waals surface area contributed by atoms with Crippen LogP contribution in [0.1, 0.15) is 14.9 Å². The van der Waals surface area contributed by atoms with Gasteiger partial charge < -0.3 is 44.0 Å². The van der Waals surface area contributed by atoms with E-state index >= 15 is 0 Å². The number of aliphatic hydroxyl groups excluding tert-OH is 1. The highest BCUT2D eigenvalue weighted by Crippen LogP contribution is 2.51. The lowest BCUT2D eigenvalue weighted by Gasteiger charge is -2.45. The van der Waals surface area contributed by atoms with Crippen LogP contribution in [-0.2, 0) is 0 Å². The number of nitrogens with zero attached hydrogens (tertiary/aromatic N) is 6. The minimum absolute atomic E-state index is 0. The molecule has 128 heavy (non-hydrogen) atoms. The van der Waals surface area contributed by atoms with Gasteiger partial charge in [0.2, 0.25) is 1.43 Å². The third kappa shape index (κ3) is 17.6. The Balaban J connectivity index is 0.000000165. The lowest BCUT2D eigenvalue weighted by molar-refractivity contribution is 0.369. The van der Waals surface area contributed by atoms with Gasteiger partial charge >= 0.3 is 3.18 Å². The van der Waals surface area contributed by atoms with E-state index in [2.05, 4.69) is 557 Å². The number of rotatable bonds is 17. The minimum atomic E-state index is -0.0593. The van der Waals surface area contributed by atoms with E-state index in [-0.39, 0.29) is 44.7 Å². The Morgan fingerprint density at radius 2 is 0.539 bits per heavy atom. The van der Waals surface area contributed by atoms with Crippen LogP contribution in [0.15, 0.2) is 467 Å². The van der Waals surface area contributed by atoms with Crippen LogP contribution in [0.4, 0.5) is 102 Å². The monoisotopic (exact) mass is 1850 g/mol. The minimum Gasteiger partial charge on any atom is -0.458 e. The van der Waals surface area contributed by atoms with Gasteiger partial charge in [-0.2, -0.15) is 0 Å². The number of benzene rings is 18. The maximum atomic E-state index is 6.95. The second-order valence-electron chi connectivity index (χ2n) is 30.7. The molecular weight excluding hydrogens is 1760 g/mol. The Hall–Kier alpha value is -13.9. The number of fused-ring (bicyclic) bond motifs is 8. The first-order chi connectivity index (χ1) is 62.7. The number of para-hydroxylation sites is 12. The maximum absolute atomic E-state index is 6.95. The van der Waals surface area contributed by atoms with Crippen molar-refractivity contribution in [1.29, 1.82) is 1.43 Å². The predicted octanol–water partition coefficient (Wildman–Crippen LogP) is 25.1. The van der Waals surface area contributed by atoms with Gasteiger partial charge in [0.1, 0.15) is 30.8 Å². The Kier molecular flexibility index (Phi) is 26.4. The number of aliphatic hydroxyl groups is 1. The first-order valence-electron chi connectivity index (χ1n) is 42.5. The SMILES string of the molecule is BrB(Br)Br.C.C.[2H]OC[B].c1ccc(B2c3ccccc3Oc3cc(N(c4ccccc4)c4cc(N(c5ccccc5)c5ccccc5)cc(N(c5ccccc5)c5ccccc5)c4)ccc32)cc1.c1ccc(B2c3ccccc3Oc3cc4c(cc32)B2c3ccccc3N(c3ccccc3)c3cc(N(c5ccccc5)c5ccccc5)cc(c32)N4c2ccccc2)cc1. The molecule has 0 saturated heterocycles. The molecular formula is C111H88B5Br3N6O3. The average molecular weight is 1850 g/mol. The second-order valence-corrected chi connectivity index (χ2v) is 37.1. The van der Waals surface area contributed by atoms with E-state index < -0.39 is 0 Å². The Morgan fingerprint density at radius 1 is 0.258 bits per heavy atom. The highest BCUT2D eigenvalue weighted by atomic mass is 79.9. The number of ether oxygens (including phenoxy) is 2. The van der Waals surface area contributed by atoms with Crippen LogP contribution in [0.2, 0.25) is 0 Å². The molecule has 22 rings (SSSR count). The summed E-state index contributed by atoms with van der Waals surface area (Å²) in [5.41, 5.74) is 30.2. The van der Waals surface area contributed by atoms with E-state index in [0.717, 1.165) is 125 Å². The zero-order valence-electron chi connectivity index (χ0n) is 69.6. The fourth-order valence-corrected chi connectivity index (χ4v) is 18.1. The molecule has 0 spiro atoms. The number of hydrogen-bond donors (Lipinski definition) is 1. The second kappa shape index (κ2) is 39.7. The molecule has 17 heteroatoms. The summed E-state index contributed by atoms with van der Waals surface area (Å²) in [4.78, 5) is 14.3.